The molecule has 2 aromatic rings. The van der Waals surface area contributed by atoms with E-state index in [1.807, 2.05) is 0 Å². The molecule has 2 rings (SSSR count). The van der Waals surface area contributed by atoms with Crippen LogP contribution in [-0.2, 0) is 9.53 Å². The van der Waals surface area contributed by atoms with Crippen LogP contribution in [0.3, 0.4) is 0 Å². The van der Waals surface area contributed by atoms with E-state index in [0.717, 1.165) is 0 Å². The highest BCUT2D eigenvalue weighted by molar-refractivity contribution is 5.99. The fraction of sp³-hybridized carbons (Fsp3) is 0.318. The number of nitrogens with zero attached hydrogens (tertiary/aromatic N) is 1. The van der Waals surface area contributed by atoms with Crippen LogP contribution in [0.2, 0.25) is 0 Å². The van der Waals surface area contributed by atoms with Crippen LogP contribution in [0.4, 0.5) is 16.2 Å². The molecule has 0 aliphatic carbocycles. The molecule has 0 saturated carbocycles. The molecule has 0 radical (unpaired) electrons. The largest absolute Gasteiger partial charge is 0.497 e. The van der Waals surface area contributed by atoms with E-state index in [-0.39, 0.29) is 18.4 Å². The van der Waals surface area contributed by atoms with Gasteiger partial charge in [0.05, 0.1) is 13.7 Å². The summed E-state index contributed by atoms with van der Waals surface area (Å²) in [7, 11) is 3.11. The molecule has 0 aromatic heterocycles. The van der Waals surface area contributed by atoms with Crippen molar-refractivity contribution in [2.24, 2.45) is 0 Å². The van der Waals surface area contributed by atoms with Crippen molar-refractivity contribution in [1.29, 1.82) is 0 Å². The zero-order chi connectivity index (χ0) is 22.3. The first-order chi connectivity index (χ1) is 14.1. The fourth-order valence-corrected chi connectivity index (χ4v) is 2.50. The Morgan fingerprint density at radius 1 is 0.900 bits per heavy atom. The van der Waals surface area contributed by atoms with Crippen molar-refractivity contribution >= 4 is 29.3 Å². The van der Waals surface area contributed by atoms with E-state index < -0.39 is 11.7 Å². The predicted molar refractivity (Wildman–Crippen MR) is 115 cm³/mol. The summed E-state index contributed by atoms with van der Waals surface area (Å²) in [5.74, 6) is 0.0489. The van der Waals surface area contributed by atoms with Gasteiger partial charge in [-0.2, -0.15) is 0 Å². The molecule has 0 spiro atoms. The Morgan fingerprint density at radius 3 is 1.97 bits per heavy atom. The molecular formula is C22H27N3O5. The molecule has 0 fully saturated rings. The molecule has 160 valence electrons. The van der Waals surface area contributed by atoms with E-state index in [1.54, 1.807) is 83.5 Å². The van der Waals surface area contributed by atoms with Gasteiger partial charge >= 0.3 is 6.09 Å². The Morgan fingerprint density at radius 2 is 1.43 bits per heavy atom. The van der Waals surface area contributed by atoms with Gasteiger partial charge in [0.25, 0.3) is 5.91 Å². The molecule has 0 aliphatic heterocycles. The zero-order valence-electron chi connectivity index (χ0n) is 17.8. The second-order valence-electron chi connectivity index (χ2n) is 7.64. The number of benzene rings is 2. The minimum Gasteiger partial charge on any atom is -0.497 e. The number of carbonyl (C=O) groups is 3. The van der Waals surface area contributed by atoms with E-state index in [9.17, 15) is 14.4 Å². The molecule has 0 unspecified atom stereocenters. The van der Waals surface area contributed by atoms with Gasteiger partial charge in [0.15, 0.2) is 0 Å². The first-order valence-electron chi connectivity index (χ1n) is 9.37. The fourth-order valence-electron chi connectivity index (χ4n) is 2.50. The molecule has 0 aliphatic rings. The number of anilines is 2. The standard InChI is InChI=1S/C22H27N3O5/c1-22(2,3)30-21(28)24-17-8-6-15(7-9-17)20(27)25(4)14-19(26)23-16-10-12-18(29-5)13-11-16/h6-13H,14H2,1-5H3,(H,23,26)(H,24,28). The van der Waals surface area contributed by atoms with Gasteiger partial charge in [-0.05, 0) is 69.3 Å². The van der Waals surface area contributed by atoms with Crippen LogP contribution in [0, 0.1) is 0 Å². The molecule has 0 saturated heterocycles. The lowest BCUT2D eigenvalue weighted by Gasteiger charge is -2.20. The van der Waals surface area contributed by atoms with Crippen LogP contribution in [0.5, 0.6) is 5.75 Å². The summed E-state index contributed by atoms with van der Waals surface area (Å²) < 4.78 is 10.3. The molecule has 3 amide bonds. The molecule has 30 heavy (non-hydrogen) atoms. The van der Waals surface area contributed by atoms with E-state index in [1.165, 1.54) is 4.90 Å². The summed E-state index contributed by atoms with van der Waals surface area (Å²) in [4.78, 5) is 37.9. The highest BCUT2D eigenvalue weighted by Gasteiger charge is 2.17. The molecular weight excluding hydrogens is 386 g/mol. The number of amides is 3. The van der Waals surface area contributed by atoms with Crippen LogP contribution in [0.15, 0.2) is 48.5 Å². The van der Waals surface area contributed by atoms with Crippen molar-refractivity contribution in [2.75, 3.05) is 31.3 Å². The second-order valence-corrected chi connectivity index (χ2v) is 7.64. The van der Waals surface area contributed by atoms with Crippen LogP contribution in [-0.4, -0.2) is 49.1 Å². The Bertz CT molecular complexity index is 886. The zero-order valence-corrected chi connectivity index (χ0v) is 17.8. The number of nitrogens with one attached hydrogen (secondary N) is 2. The molecule has 0 atom stereocenters. The summed E-state index contributed by atoms with van der Waals surface area (Å²) in [5.41, 5.74) is 0.902. The van der Waals surface area contributed by atoms with Crippen molar-refractivity contribution in [3.8, 4) is 5.75 Å². The van der Waals surface area contributed by atoms with Gasteiger partial charge in [-0.15, -0.1) is 0 Å². The molecule has 8 nitrogen and oxygen atoms in total. The summed E-state index contributed by atoms with van der Waals surface area (Å²) in [5, 5.41) is 5.33. The lowest BCUT2D eigenvalue weighted by atomic mass is 10.2. The van der Waals surface area contributed by atoms with Gasteiger partial charge in [-0.1, -0.05) is 0 Å². The van der Waals surface area contributed by atoms with Gasteiger partial charge in [-0.25, -0.2) is 4.79 Å². The van der Waals surface area contributed by atoms with Crippen LogP contribution >= 0.6 is 0 Å². The van der Waals surface area contributed by atoms with Gasteiger partial charge < -0.3 is 19.7 Å². The number of hydrogen-bond donors (Lipinski definition) is 2. The van der Waals surface area contributed by atoms with Crippen LogP contribution in [0.25, 0.3) is 0 Å². The topological polar surface area (TPSA) is 97.0 Å². The first-order valence-corrected chi connectivity index (χ1v) is 9.37. The molecule has 2 aromatic carbocycles. The van der Waals surface area contributed by atoms with Crippen LogP contribution in [0.1, 0.15) is 31.1 Å². The number of carbonyl (C=O) groups excluding carboxylic acids is 3. The van der Waals surface area contributed by atoms with E-state index in [2.05, 4.69) is 10.6 Å². The lowest BCUT2D eigenvalue weighted by Crippen LogP contribution is -2.34. The van der Waals surface area contributed by atoms with Crippen LogP contribution < -0.4 is 15.4 Å². The molecule has 2 N–H and O–H groups in total. The Kier molecular flexibility index (Phi) is 7.41. The summed E-state index contributed by atoms with van der Waals surface area (Å²) >= 11 is 0. The van der Waals surface area contributed by atoms with E-state index in [0.29, 0.717) is 22.7 Å². The number of rotatable bonds is 6. The molecule has 8 heteroatoms. The van der Waals surface area contributed by atoms with Gasteiger partial charge in [0.1, 0.15) is 11.4 Å². The number of ether oxygens (including phenoxy) is 2. The van der Waals surface area contributed by atoms with Crippen molar-refractivity contribution in [3.63, 3.8) is 0 Å². The van der Waals surface area contributed by atoms with Gasteiger partial charge in [0.2, 0.25) is 5.91 Å². The minimum atomic E-state index is -0.602. The average molecular weight is 413 g/mol. The Hall–Kier alpha value is -3.55. The minimum absolute atomic E-state index is 0.108. The maximum atomic E-state index is 12.6. The average Bonchev–Trinajstić information content (AvgIpc) is 2.67. The Balaban J connectivity index is 1.90. The number of methoxy groups -OCH3 is 1. The maximum Gasteiger partial charge on any atom is 0.412 e. The summed E-state index contributed by atoms with van der Waals surface area (Å²) in [6, 6.07) is 13.3. The highest BCUT2D eigenvalue weighted by atomic mass is 16.6. The Labute approximate surface area is 176 Å². The summed E-state index contributed by atoms with van der Waals surface area (Å²) in [6.07, 6.45) is -0.575. The third-order valence-electron chi connectivity index (χ3n) is 3.88. The normalized spacial score (nSPS) is 10.7. The summed E-state index contributed by atoms with van der Waals surface area (Å²) in [6.45, 7) is 5.21. The third kappa shape index (κ3) is 7.12. The van der Waals surface area contributed by atoms with Crippen molar-refractivity contribution < 1.29 is 23.9 Å². The lowest BCUT2D eigenvalue weighted by molar-refractivity contribution is -0.116. The number of hydrogen-bond acceptors (Lipinski definition) is 5. The SMILES string of the molecule is COc1ccc(NC(=O)CN(C)C(=O)c2ccc(NC(=O)OC(C)(C)C)cc2)cc1. The quantitative estimate of drug-likeness (QED) is 0.752. The maximum absolute atomic E-state index is 12.6. The van der Waals surface area contributed by atoms with E-state index in [4.69, 9.17) is 9.47 Å². The first kappa shape index (κ1) is 22.7. The van der Waals surface area contributed by atoms with Crippen molar-refractivity contribution in [3.05, 3.63) is 54.1 Å². The molecule has 0 bridgehead atoms. The van der Waals surface area contributed by atoms with Gasteiger partial charge in [0, 0.05) is 24.0 Å². The van der Waals surface area contributed by atoms with Crippen molar-refractivity contribution in [1.82, 2.24) is 4.90 Å². The highest BCUT2D eigenvalue weighted by Crippen LogP contribution is 2.16. The monoisotopic (exact) mass is 413 g/mol. The van der Waals surface area contributed by atoms with Gasteiger partial charge in [-0.3, -0.25) is 14.9 Å². The van der Waals surface area contributed by atoms with Crippen molar-refractivity contribution in [2.45, 2.75) is 26.4 Å². The molecule has 0 heterocycles. The number of likely N-dealkylation sites (N-methyl/N-ethyl adjacent to an activating group) is 1. The second kappa shape index (κ2) is 9.78. The van der Waals surface area contributed by atoms with E-state index >= 15 is 0 Å². The predicted octanol–water partition coefficient (Wildman–Crippen LogP) is 3.75. The smallest absolute Gasteiger partial charge is 0.412 e. The third-order valence-corrected chi connectivity index (χ3v) is 3.88.